The standard InChI is InChI=1S/C21H23N5O4S/c1-21(2,3)30-20(27)22-17(11-9-14-7-5-4-6-8-14)19(31)25-18-13-15(26(28)29)10-12-16(18)23-24-25/h4-8,10,12-13,17H,9,11H2,1-3H3,(H,22,27)/t17-/m0/s1. The fourth-order valence-electron chi connectivity index (χ4n) is 2.99. The van der Waals surface area contributed by atoms with E-state index in [-0.39, 0.29) is 10.7 Å². The number of nitrogens with one attached hydrogen (secondary N) is 1. The number of amides is 1. The number of non-ortho nitro benzene ring substituents is 1. The molecule has 162 valence electrons. The average Bonchev–Trinajstić information content (AvgIpc) is 3.13. The molecule has 0 saturated carbocycles. The molecular weight excluding hydrogens is 418 g/mol. The first-order chi connectivity index (χ1) is 14.6. The van der Waals surface area contributed by atoms with Gasteiger partial charge in [0.05, 0.1) is 11.0 Å². The topological polar surface area (TPSA) is 112 Å². The van der Waals surface area contributed by atoms with Gasteiger partial charge >= 0.3 is 6.09 Å². The minimum atomic E-state index is -0.670. The summed E-state index contributed by atoms with van der Waals surface area (Å²) in [6.45, 7) is 5.32. The molecule has 1 heterocycles. The lowest BCUT2D eigenvalue weighted by molar-refractivity contribution is -0.384. The second-order valence-corrected chi connectivity index (χ2v) is 8.41. The zero-order chi connectivity index (χ0) is 22.6. The Morgan fingerprint density at radius 3 is 2.61 bits per heavy atom. The van der Waals surface area contributed by atoms with Crippen molar-refractivity contribution >= 4 is 40.0 Å². The summed E-state index contributed by atoms with van der Waals surface area (Å²) in [5, 5.41) is 22.1. The van der Waals surface area contributed by atoms with Crippen LogP contribution >= 0.6 is 12.2 Å². The fraction of sp³-hybridized carbons (Fsp3) is 0.333. The molecule has 9 nitrogen and oxygen atoms in total. The molecular formula is C21H23N5O4S. The zero-order valence-corrected chi connectivity index (χ0v) is 18.3. The molecule has 1 atom stereocenters. The molecule has 0 unspecified atom stereocenters. The molecule has 31 heavy (non-hydrogen) atoms. The number of benzene rings is 2. The average molecular weight is 442 g/mol. The number of fused-ring (bicyclic) bond motifs is 1. The Kier molecular flexibility index (Phi) is 6.59. The molecule has 10 heteroatoms. The maximum atomic E-state index is 12.4. The highest BCUT2D eigenvalue weighted by Gasteiger charge is 2.25. The van der Waals surface area contributed by atoms with E-state index in [0.717, 1.165) is 5.56 Å². The number of thiocarbonyl (C=S) groups is 1. The van der Waals surface area contributed by atoms with Crippen LogP contribution in [0.3, 0.4) is 0 Å². The Morgan fingerprint density at radius 1 is 1.26 bits per heavy atom. The molecule has 0 aliphatic carbocycles. The van der Waals surface area contributed by atoms with Gasteiger partial charge in [-0.1, -0.05) is 47.8 Å². The molecule has 0 radical (unpaired) electrons. The van der Waals surface area contributed by atoms with E-state index in [1.54, 1.807) is 20.8 Å². The number of rotatable bonds is 6. The summed E-state index contributed by atoms with van der Waals surface area (Å²) in [4.78, 5) is 23.4. The largest absolute Gasteiger partial charge is 0.444 e. The molecule has 0 bridgehead atoms. The van der Waals surface area contributed by atoms with Crippen molar-refractivity contribution in [1.29, 1.82) is 0 Å². The number of nitro benzene ring substituents is 1. The SMILES string of the molecule is CC(C)(C)OC(=O)N[C@@H](CCc1ccccc1)C(=S)n1nnc2ccc([N+](=O)[O-])cc21. The molecule has 1 amide bonds. The van der Waals surface area contributed by atoms with Crippen LogP contribution < -0.4 is 5.32 Å². The number of hydrogen-bond acceptors (Lipinski definition) is 7. The summed E-state index contributed by atoms with van der Waals surface area (Å²) in [6, 6.07) is 13.4. The van der Waals surface area contributed by atoms with E-state index < -0.39 is 22.7 Å². The number of aryl methyl sites for hydroxylation is 1. The van der Waals surface area contributed by atoms with Gasteiger partial charge in [0, 0.05) is 12.1 Å². The predicted octanol–water partition coefficient (Wildman–Crippen LogP) is 4.04. The molecule has 1 aromatic heterocycles. The first kappa shape index (κ1) is 22.3. The summed E-state index contributed by atoms with van der Waals surface area (Å²) in [6.07, 6.45) is 0.523. The molecule has 0 fully saturated rings. The van der Waals surface area contributed by atoms with E-state index in [1.165, 1.54) is 22.9 Å². The Morgan fingerprint density at radius 2 is 1.97 bits per heavy atom. The van der Waals surface area contributed by atoms with Crippen LogP contribution in [-0.4, -0.2) is 42.6 Å². The lowest BCUT2D eigenvalue weighted by Gasteiger charge is -2.24. The van der Waals surface area contributed by atoms with Crippen LogP contribution in [-0.2, 0) is 11.2 Å². The lowest BCUT2D eigenvalue weighted by atomic mass is 10.1. The van der Waals surface area contributed by atoms with Gasteiger partial charge in [0.25, 0.3) is 5.69 Å². The summed E-state index contributed by atoms with van der Waals surface area (Å²) in [5.41, 5.74) is 1.18. The van der Waals surface area contributed by atoms with Gasteiger partial charge in [-0.25, -0.2) is 9.48 Å². The molecule has 0 spiro atoms. The van der Waals surface area contributed by atoms with E-state index in [2.05, 4.69) is 15.6 Å². The smallest absolute Gasteiger partial charge is 0.408 e. The molecule has 2 aromatic carbocycles. The number of carbonyl (C=O) groups is 1. The Hall–Kier alpha value is -3.40. The summed E-state index contributed by atoms with van der Waals surface area (Å²) >= 11 is 5.63. The van der Waals surface area contributed by atoms with Crippen molar-refractivity contribution in [3.63, 3.8) is 0 Å². The first-order valence-electron chi connectivity index (χ1n) is 9.71. The number of carbonyl (C=O) groups excluding carboxylic acids is 1. The summed E-state index contributed by atoms with van der Waals surface area (Å²) in [7, 11) is 0. The van der Waals surface area contributed by atoms with Crippen LogP contribution in [0.2, 0.25) is 0 Å². The van der Waals surface area contributed by atoms with Crippen LogP contribution in [0.5, 0.6) is 0 Å². The maximum absolute atomic E-state index is 12.4. The number of nitro groups is 1. The number of aromatic nitrogens is 3. The van der Waals surface area contributed by atoms with Gasteiger partial charge < -0.3 is 10.1 Å². The molecule has 0 aliphatic heterocycles. The molecule has 1 N–H and O–H groups in total. The van der Waals surface area contributed by atoms with Crippen LogP contribution in [0.25, 0.3) is 11.0 Å². The Bertz CT molecular complexity index is 1110. The minimum Gasteiger partial charge on any atom is -0.444 e. The quantitative estimate of drug-likeness (QED) is 0.349. The van der Waals surface area contributed by atoms with Gasteiger partial charge in [0.2, 0.25) is 0 Å². The van der Waals surface area contributed by atoms with Crippen LogP contribution in [0.1, 0.15) is 32.8 Å². The van der Waals surface area contributed by atoms with Crippen molar-refractivity contribution < 1.29 is 14.5 Å². The Balaban J connectivity index is 1.89. The molecule has 3 rings (SSSR count). The minimum absolute atomic E-state index is 0.0974. The zero-order valence-electron chi connectivity index (χ0n) is 17.4. The molecule has 3 aromatic rings. The predicted molar refractivity (Wildman–Crippen MR) is 120 cm³/mol. The van der Waals surface area contributed by atoms with E-state index in [4.69, 9.17) is 17.0 Å². The van der Waals surface area contributed by atoms with Gasteiger partial charge in [-0.3, -0.25) is 10.1 Å². The second kappa shape index (κ2) is 9.17. The van der Waals surface area contributed by atoms with Gasteiger partial charge in [-0.2, -0.15) is 0 Å². The van der Waals surface area contributed by atoms with Crippen molar-refractivity contribution in [2.24, 2.45) is 0 Å². The van der Waals surface area contributed by atoms with Crippen molar-refractivity contribution in [1.82, 2.24) is 20.3 Å². The van der Waals surface area contributed by atoms with Crippen molar-refractivity contribution in [2.75, 3.05) is 0 Å². The van der Waals surface area contributed by atoms with Gasteiger partial charge in [-0.15, -0.1) is 5.10 Å². The lowest BCUT2D eigenvalue weighted by Crippen LogP contribution is -2.45. The van der Waals surface area contributed by atoms with Crippen molar-refractivity contribution in [2.45, 2.75) is 45.3 Å². The fourth-order valence-corrected chi connectivity index (χ4v) is 3.31. The van der Waals surface area contributed by atoms with Crippen molar-refractivity contribution in [3.05, 3.63) is 64.2 Å². The van der Waals surface area contributed by atoms with Gasteiger partial charge in [0.1, 0.15) is 21.6 Å². The normalized spacial score (nSPS) is 12.4. The third kappa shape index (κ3) is 5.82. The second-order valence-electron chi connectivity index (χ2n) is 7.99. The third-order valence-corrected chi connectivity index (χ3v) is 4.86. The van der Waals surface area contributed by atoms with E-state index in [1.807, 2.05) is 30.3 Å². The molecule has 0 aliphatic rings. The van der Waals surface area contributed by atoms with Crippen LogP contribution in [0.4, 0.5) is 10.5 Å². The van der Waals surface area contributed by atoms with Gasteiger partial charge in [0.15, 0.2) is 0 Å². The van der Waals surface area contributed by atoms with Crippen LogP contribution in [0, 0.1) is 10.1 Å². The summed E-state index contributed by atoms with van der Waals surface area (Å²) < 4.78 is 6.73. The highest BCUT2D eigenvalue weighted by Crippen LogP contribution is 2.20. The van der Waals surface area contributed by atoms with Crippen molar-refractivity contribution in [3.8, 4) is 0 Å². The number of ether oxygens (including phenoxy) is 1. The van der Waals surface area contributed by atoms with Crippen LogP contribution in [0.15, 0.2) is 48.5 Å². The maximum Gasteiger partial charge on any atom is 0.408 e. The number of hydrogen-bond donors (Lipinski definition) is 1. The van der Waals surface area contributed by atoms with E-state index in [0.29, 0.717) is 23.9 Å². The Labute approximate surface area is 184 Å². The third-order valence-electron chi connectivity index (χ3n) is 4.40. The number of alkyl carbamates (subject to hydrolysis) is 1. The number of nitrogens with zero attached hydrogens (tertiary/aromatic N) is 4. The monoisotopic (exact) mass is 441 g/mol. The highest BCUT2D eigenvalue weighted by molar-refractivity contribution is 7.80. The first-order valence-corrected chi connectivity index (χ1v) is 10.1. The van der Waals surface area contributed by atoms with E-state index in [9.17, 15) is 14.9 Å². The summed E-state index contributed by atoms with van der Waals surface area (Å²) in [5.74, 6) is 0. The highest BCUT2D eigenvalue weighted by atomic mass is 32.1. The van der Waals surface area contributed by atoms with E-state index >= 15 is 0 Å². The molecule has 0 saturated heterocycles. The van der Waals surface area contributed by atoms with Gasteiger partial charge in [-0.05, 0) is 45.2 Å².